The minimum atomic E-state index is -0.692. The van der Waals surface area contributed by atoms with Crippen molar-refractivity contribution in [3.8, 4) is 17.3 Å². The minimum absolute atomic E-state index is 0.0459. The summed E-state index contributed by atoms with van der Waals surface area (Å²) in [7, 11) is 1.39. The number of ether oxygens (including phenoxy) is 2. The molecule has 1 amide bonds. The maximum Gasteiger partial charge on any atom is 0.260 e. The number of halogens is 1. The largest absolute Gasteiger partial charge is 0.493 e. The molecule has 0 bridgehead atoms. The zero-order chi connectivity index (χ0) is 22.2. The normalized spacial score (nSPS) is 20.2. The number of methoxy groups -OCH3 is 1. The van der Waals surface area contributed by atoms with Crippen LogP contribution in [0.15, 0.2) is 43.1 Å². The third-order valence-corrected chi connectivity index (χ3v) is 6.11. The number of aliphatic hydroxyl groups excluding tert-OH is 1. The standard InChI is InChI=1S/C23H23FN4O4/c1-31-21-15(9-14-5-6-19(26-11-14)27-8-7-25-12-27)10-16-22(20(21)24)32-13-28(23(16)30)17-3-2-4-18(17)29/h5-8,10-12,17-18,29H,2-4,9,13H2,1H3. The molecule has 0 saturated heterocycles. The molecular weight excluding hydrogens is 415 g/mol. The number of fused-ring (bicyclic) bond motifs is 1. The second-order valence-corrected chi connectivity index (χ2v) is 8.04. The molecule has 1 fully saturated rings. The van der Waals surface area contributed by atoms with Gasteiger partial charge in [0.25, 0.3) is 5.91 Å². The molecule has 2 aliphatic rings. The fourth-order valence-corrected chi connectivity index (χ4v) is 4.49. The molecule has 9 heteroatoms. The maximum atomic E-state index is 15.2. The lowest BCUT2D eigenvalue weighted by molar-refractivity contribution is 0.0114. The molecular formula is C23H23FN4O4. The van der Waals surface area contributed by atoms with E-state index < -0.39 is 11.9 Å². The molecule has 3 heterocycles. The van der Waals surface area contributed by atoms with E-state index in [1.54, 1.807) is 35.6 Å². The smallest absolute Gasteiger partial charge is 0.260 e. The molecule has 2 unspecified atom stereocenters. The molecule has 0 spiro atoms. The Morgan fingerprint density at radius 3 is 2.88 bits per heavy atom. The van der Waals surface area contributed by atoms with Crippen molar-refractivity contribution in [1.82, 2.24) is 19.4 Å². The molecule has 32 heavy (non-hydrogen) atoms. The lowest BCUT2D eigenvalue weighted by Gasteiger charge is -2.35. The minimum Gasteiger partial charge on any atom is -0.493 e. The summed E-state index contributed by atoms with van der Waals surface area (Å²) in [6.07, 6.45) is 8.74. The van der Waals surface area contributed by atoms with Gasteiger partial charge >= 0.3 is 0 Å². The van der Waals surface area contributed by atoms with Crippen LogP contribution in [0.1, 0.15) is 40.7 Å². The van der Waals surface area contributed by atoms with E-state index in [-0.39, 0.29) is 35.7 Å². The van der Waals surface area contributed by atoms with E-state index in [1.807, 2.05) is 12.1 Å². The van der Waals surface area contributed by atoms with Crippen molar-refractivity contribution in [2.75, 3.05) is 13.8 Å². The molecule has 8 nitrogen and oxygen atoms in total. The van der Waals surface area contributed by atoms with E-state index >= 15 is 4.39 Å². The zero-order valence-electron chi connectivity index (χ0n) is 17.6. The average Bonchev–Trinajstić information content (AvgIpc) is 3.48. The number of benzene rings is 1. The number of pyridine rings is 1. The fraction of sp³-hybridized carbons (Fsp3) is 0.348. The first kappa shape index (κ1) is 20.4. The van der Waals surface area contributed by atoms with Crippen molar-refractivity contribution in [2.45, 2.75) is 37.8 Å². The Morgan fingerprint density at radius 2 is 2.22 bits per heavy atom. The molecule has 1 aliphatic carbocycles. The van der Waals surface area contributed by atoms with E-state index in [1.165, 1.54) is 12.0 Å². The van der Waals surface area contributed by atoms with Crippen LogP contribution in [-0.4, -0.2) is 56.4 Å². The Kier molecular flexibility index (Phi) is 5.26. The number of hydrogen-bond donors (Lipinski definition) is 1. The maximum absolute atomic E-state index is 15.2. The fourth-order valence-electron chi connectivity index (χ4n) is 4.49. The van der Waals surface area contributed by atoms with Crippen LogP contribution in [0.25, 0.3) is 5.82 Å². The van der Waals surface area contributed by atoms with Gasteiger partial charge in [0.2, 0.25) is 5.82 Å². The average molecular weight is 438 g/mol. The Labute approximate surface area is 184 Å². The highest BCUT2D eigenvalue weighted by molar-refractivity contribution is 5.98. The van der Waals surface area contributed by atoms with Crippen LogP contribution in [0.4, 0.5) is 4.39 Å². The summed E-state index contributed by atoms with van der Waals surface area (Å²) in [6.45, 7) is -0.0907. The molecule has 166 valence electrons. The summed E-state index contributed by atoms with van der Waals surface area (Å²) in [6, 6.07) is 5.04. The van der Waals surface area contributed by atoms with Gasteiger partial charge in [0.1, 0.15) is 12.1 Å². The van der Waals surface area contributed by atoms with Crippen LogP contribution in [0.3, 0.4) is 0 Å². The van der Waals surface area contributed by atoms with Crippen LogP contribution in [0.2, 0.25) is 0 Å². The van der Waals surface area contributed by atoms with Gasteiger partial charge in [-0.05, 0) is 37.0 Å². The van der Waals surface area contributed by atoms with Gasteiger partial charge in [-0.3, -0.25) is 14.3 Å². The zero-order valence-corrected chi connectivity index (χ0v) is 17.6. The molecule has 1 saturated carbocycles. The van der Waals surface area contributed by atoms with E-state index in [0.717, 1.165) is 12.0 Å². The van der Waals surface area contributed by atoms with E-state index in [2.05, 4.69) is 9.97 Å². The number of amides is 1. The number of aliphatic hydroxyl groups is 1. The molecule has 2 atom stereocenters. The summed E-state index contributed by atoms with van der Waals surface area (Å²) in [5.74, 6) is -0.377. The van der Waals surface area contributed by atoms with Crippen molar-refractivity contribution >= 4 is 5.91 Å². The van der Waals surface area contributed by atoms with Crippen molar-refractivity contribution < 1.29 is 23.8 Å². The predicted octanol–water partition coefficient (Wildman–Crippen LogP) is 2.71. The first-order chi connectivity index (χ1) is 15.6. The van der Waals surface area contributed by atoms with E-state index in [9.17, 15) is 9.90 Å². The van der Waals surface area contributed by atoms with Gasteiger partial charge in [-0.1, -0.05) is 6.07 Å². The lowest BCUT2D eigenvalue weighted by Crippen LogP contribution is -2.48. The summed E-state index contributed by atoms with van der Waals surface area (Å²) in [5, 5.41) is 10.2. The number of carbonyl (C=O) groups is 1. The Bertz CT molecular complexity index is 1130. The van der Waals surface area contributed by atoms with Gasteiger partial charge in [-0.25, -0.2) is 9.97 Å². The highest BCUT2D eigenvalue weighted by Crippen LogP contribution is 2.39. The van der Waals surface area contributed by atoms with Crippen molar-refractivity contribution in [3.63, 3.8) is 0 Å². The summed E-state index contributed by atoms with van der Waals surface area (Å²) in [5.41, 5.74) is 1.50. The highest BCUT2D eigenvalue weighted by Gasteiger charge is 2.39. The van der Waals surface area contributed by atoms with Gasteiger partial charge in [-0.2, -0.15) is 4.39 Å². The molecule has 0 radical (unpaired) electrons. The first-order valence-electron chi connectivity index (χ1n) is 10.5. The number of aromatic nitrogens is 3. The summed E-state index contributed by atoms with van der Waals surface area (Å²) in [4.78, 5) is 23.1. The van der Waals surface area contributed by atoms with Crippen LogP contribution in [0.5, 0.6) is 11.5 Å². The first-order valence-corrected chi connectivity index (χ1v) is 10.5. The van der Waals surface area contributed by atoms with Crippen LogP contribution >= 0.6 is 0 Å². The van der Waals surface area contributed by atoms with Crippen molar-refractivity contribution in [2.24, 2.45) is 0 Å². The quantitative estimate of drug-likeness (QED) is 0.659. The number of carbonyl (C=O) groups excluding carboxylic acids is 1. The molecule has 2 aromatic heterocycles. The highest BCUT2D eigenvalue weighted by atomic mass is 19.1. The molecule has 3 aromatic rings. The van der Waals surface area contributed by atoms with Gasteiger partial charge < -0.3 is 14.6 Å². The second kappa shape index (κ2) is 8.23. The Hall–Kier alpha value is -3.46. The lowest BCUT2D eigenvalue weighted by atomic mass is 9.99. The van der Waals surface area contributed by atoms with Crippen LogP contribution in [-0.2, 0) is 6.42 Å². The number of hydrogen-bond acceptors (Lipinski definition) is 6. The molecule has 1 aliphatic heterocycles. The second-order valence-electron chi connectivity index (χ2n) is 8.04. The third kappa shape index (κ3) is 3.48. The van der Waals surface area contributed by atoms with Crippen LogP contribution in [0, 0.1) is 5.82 Å². The number of rotatable bonds is 5. The summed E-state index contributed by atoms with van der Waals surface area (Å²) < 4.78 is 28.0. The molecule has 1 aromatic carbocycles. The summed E-state index contributed by atoms with van der Waals surface area (Å²) >= 11 is 0. The van der Waals surface area contributed by atoms with Crippen molar-refractivity contribution in [3.05, 3.63) is 65.6 Å². The van der Waals surface area contributed by atoms with Gasteiger partial charge in [0, 0.05) is 30.6 Å². The Morgan fingerprint density at radius 1 is 1.34 bits per heavy atom. The monoisotopic (exact) mass is 438 g/mol. The topological polar surface area (TPSA) is 89.7 Å². The van der Waals surface area contributed by atoms with Gasteiger partial charge in [0.05, 0.1) is 24.8 Å². The predicted molar refractivity (Wildman–Crippen MR) is 112 cm³/mol. The molecule has 5 rings (SSSR count). The van der Waals surface area contributed by atoms with Gasteiger partial charge in [0.15, 0.2) is 18.2 Å². The molecule has 1 N–H and O–H groups in total. The van der Waals surface area contributed by atoms with Crippen molar-refractivity contribution in [1.29, 1.82) is 0 Å². The van der Waals surface area contributed by atoms with Gasteiger partial charge in [-0.15, -0.1) is 0 Å². The van der Waals surface area contributed by atoms with Crippen LogP contribution < -0.4 is 9.47 Å². The third-order valence-electron chi connectivity index (χ3n) is 6.11. The SMILES string of the molecule is COc1c(Cc2ccc(-n3ccnc3)nc2)cc2c(c1F)OCN(C1CCCC1O)C2=O. The van der Waals surface area contributed by atoms with E-state index in [4.69, 9.17) is 9.47 Å². The number of imidazole rings is 1. The Balaban J connectivity index is 1.46. The number of nitrogens with zero attached hydrogens (tertiary/aromatic N) is 4. The van der Waals surface area contributed by atoms with E-state index in [0.29, 0.717) is 30.6 Å².